The maximum Gasteiger partial charge on any atom is 0.410 e. The number of piperazine rings is 1. The van der Waals surface area contributed by atoms with Crippen LogP contribution >= 0.6 is 0 Å². The third-order valence-corrected chi connectivity index (χ3v) is 4.27. The number of carboxylic acids is 1. The fourth-order valence-corrected chi connectivity index (χ4v) is 2.93. The van der Waals surface area contributed by atoms with Crippen molar-refractivity contribution in [2.45, 2.75) is 51.9 Å². The van der Waals surface area contributed by atoms with Crippen LogP contribution in [0.2, 0.25) is 0 Å². The first-order valence-corrected chi connectivity index (χ1v) is 9.33. The molecule has 154 valence electrons. The van der Waals surface area contributed by atoms with Crippen LogP contribution in [0.3, 0.4) is 0 Å². The van der Waals surface area contributed by atoms with Crippen LogP contribution < -0.4 is 0 Å². The number of carbonyl (C=O) groups excluding carboxylic acids is 2. The number of ether oxygens (including phenoxy) is 2. The summed E-state index contributed by atoms with van der Waals surface area (Å²) in [6.45, 7) is 6.25. The molecule has 1 aliphatic heterocycles. The number of hydrogen-bond donors (Lipinski definition) is 1. The number of benzene rings is 1. The Labute approximate surface area is 165 Å². The van der Waals surface area contributed by atoms with Gasteiger partial charge in [0.05, 0.1) is 6.04 Å². The van der Waals surface area contributed by atoms with Crippen molar-refractivity contribution < 1.29 is 29.0 Å². The van der Waals surface area contributed by atoms with E-state index in [0.29, 0.717) is 6.54 Å². The Morgan fingerprint density at radius 3 is 2.39 bits per heavy atom. The van der Waals surface area contributed by atoms with Crippen molar-refractivity contribution in [3.8, 4) is 0 Å². The highest BCUT2D eigenvalue weighted by molar-refractivity contribution is 5.71. The number of carboxylic acid groups (broad SMARTS) is 1. The molecule has 1 aromatic carbocycles. The van der Waals surface area contributed by atoms with E-state index in [4.69, 9.17) is 14.6 Å². The summed E-state index contributed by atoms with van der Waals surface area (Å²) in [5.41, 5.74) is 0.228. The zero-order valence-corrected chi connectivity index (χ0v) is 16.6. The summed E-state index contributed by atoms with van der Waals surface area (Å²) in [6.07, 6.45) is -0.846. The Morgan fingerprint density at radius 1 is 1.11 bits per heavy atom. The van der Waals surface area contributed by atoms with Crippen LogP contribution in [-0.2, 0) is 20.9 Å². The minimum Gasteiger partial charge on any atom is -0.481 e. The van der Waals surface area contributed by atoms with Gasteiger partial charge in [-0.25, -0.2) is 9.59 Å². The first-order valence-electron chi connectivity index (χ1n) is 9.33. The van der Waals surface area contributed by atoms with Gasteiger partial charge in [0.1, 0.15) is 12.2 Å². The van der Waals surface area contributed by atoms with E-state index in [0.717, 1.165) is 5.56 Å². The Hall–Kier alpha value is -2.77. The highest BCUT2D eigenvalue weighted by Gasteiger charge is 2.35. The molecule has 1 aromatic rings. The van der Waals surface area contributed by atoms with E-state index >= 15 is 0 Å². The summed E-state index contributed by atoms with van der Waals surface area (Å²) < 4.78 is 10.8. The number of aliphatic carboxylic acids is 1. The molecule has 1 fully saturated rings. The van der Waals surface area contributed by atoms with Gasteiger partial charge in [-0.05, 0) is 32.8 Å². The molecule has 0 spiro atoms. The van der Waals surface area contributed by atoms with Gasteiger partial charge in [0, 0.05) is 26.1 Å². The highest BCUT2D eigenvalue weighted by Crippen LogP contribution is 2.20. The summed E-state index contributed by atoms with van der Waals surface area (Å²) in [7, 11) is 0. The Morgan fingerprint density at radius 2 is 1.79 bits per heavy atom. The van der Waals surface area contributed by atoms with Crippen LogP contribution in [0.4, 0.5) is 9.59 Å². The molecule has 0 radical (unpaired) electrons. The Bertz CT molecular complexity index is 686. The average Bonchev–Trinajstić information content (AvgIpc) is 2.63. The van der Waals surface area contributed by atoms with E-state index in [9.17, 15) is 14.4 Å². The maximum atomic E-state index is 12.5. The third kappa shape index (κ3) is 6.75. The van der Waals surface area contributed by atoms with Crippen LogP contribution in [0, 0.1) is 0 Å². The zero-order valence-electron chi connectivity index (χ0n) is 16.6. The predicted molar refractivity (Wildman–Crippen MR) is 102 cm³/mol. The minimum absolute atomic E-state index is 0.100. The molecular weight excluding hydrogens is 364 g/mol. The van der Waals surface area contributed by atoms with Crippen molar-refractivity contribution in [3.05, 3.63) is 35.9 Å². The SMILES string of the molecule is CC(C)(C)OC(=O)N1CCN(C(=O)OCc2ccccc2)CC1CCC(=O)O. The molecule has 0 aliphatic carbocycles. The van der Waals surface area contributed by atoms with Gasteiger partial charge >= 0.3 is 18.2 Å². The summed E-state index contributed by atoms with van der Waals surface area (Å²) in [6, 6.07) is 8.90. The van der Waals surface area contributed by atoms with Crippen LogP contribution in [-0.4, -0.2) is 64.3 Å². The summed E-state index contributed by atoms with van der Waals surface area (Å²) >= 11 is 0. The molecule has 0 aromatic heterocycles. The van der Waals surface area contributed by atoms with Crippen LogP contribution in [0.5, 0.6) is 0 Å². The second kappa shape index (κ2) is 9.43. The Kier molecular flexibility index (Phi) is 7.25. The molecule has 2 amide bonds. The quantitative estimate of drug-likeness (QED) is 0.827. The molecule has 1 N–H and O–H groups in total. The van der Waals surface area contributed by atoms with Gasteiger partial charge in [-0.2, -0.15) is 0 Å². The van der Waals surface area contributed by atoms with Gasteiger partial charge in [0.25, 0.3) is 0 Å². The monoisotopic (exact) mass is 392 g/mol. The standard InChI is InChI=1S/C20H28N2O6/c1-20(2,3)28-19(26)22-12-11-21(13-16(22)9-10-17(23)24)18(25)27-14-15-7-5-4-6-8-15/h4-8,16H,9-14H2,1-3H3,(H,23,24). The highest BCUT2D eigenvalue weighted by atomic mass is 16.6. The van der Waals surface area contributed by atoms with Crippen molar-refractivity contribution in [2.24, 2.45) is 0 Å². The van der Waals surface area contributed by atoms with Crippen LogP contribution in [0.25, 0.3) is 0 Å². The summed E-state index contributed by atoms with van der Waals surface area (Å²) in [4.78, 5) is 38.9. The lowest BCUT2D eigenvalue weighted by atomic mass is 10.1. The van der Waals surface area contributed by atoms with E-state index < -0.39 is 29.8 Å². The number of amides is 2. The molecule has 1 unspecified atom stereocenters. The molecule has 1 saturated heterocycles. The third-order valence-electron chi connectivity index (χ3n) is 4.27. The molecule has 28 heavy (non-hydrogen) atoms. The predicted octanol–water partition coefficient (Wildman–Crippen LogP) is 3.11. The first-order chi connectivity index (χ1) is 13.2. The molecule has 1 heterocycles. The summed E-state index contributed by atoms with van der Waals surface area (Å²) in [5, 5.41) is 9.00. The molecule has 1 aliphatic rings. The van der Waals surface area contributed by atoms with E-state index in [2.05, 4.69) is 0 Å². The number of rotatable bonds is 5. The number of hydrogen-bond acceptors (Lipinski definition) is 5. The normalized spacial score (nSPS) is 17.2. The van der Waals surface area contributed by atoms with Crippen molar-refractivity contribution >= 4 is 18.2 Å². The molecule has 1 atom stereocenters. The molecular formula is C20H28N2O6. The first kappa shape index (κ1) is 21.5. The molecule has 8 nitrogen and oxygen atoms in total. The van der Waals surface area contributed by atoms with Crippen molar-refractivity contribution in [2.75, 3.05) is 19.6 Å². The lowest BCUT2D eigenvalue weighted by Crippen LogP contribution is -2.57. The second-order valence-electron chi connectivity index (χ2n) is 7.75. The van der Waals surface area contributed by atoms with E-state index in [1.807, 2.05) is 30.3 Å². The van der Waals surface area contributed by atoms with E-state index in [1.54, 1.807) is 20.8 Å². The fourth-order valence-electron chi connectivity index (χ4n) is 2.93. The maximum absolute atomic E-state index is 12.5. The second-order valence-corrected chi connectivity index (χ2v) is 7.75. The van der Waals surface area contributed by atoms with Gasteiger partial charge in [0.2, 0.25) is 0 Å². The van der Waals surface area contributed by atoms with Gasteiger partial charge in [-0.15, -0.1) is 0 Å². The topological polar surface area (TPSA) is 96.4 Å². The minimum atomic E-state index is -0.951. The number of nitrogens with zero attached hydrogens (tertiary/aromatic N) is 2. The molecule has 8 heteroatoms. The van der Waals surface area contributed by atoms with Gasteiger partial charge in [-0.3, -0.25) is 4.79 Å². The van der Waals surface area contributed by atoms with Crippen molar-refractivity contribution in [1.29, 1.82) is 0 Å². The zero-order chi connectivity index (χ0) is 20.7. The van der Waals surface area contributed by atoms with Gasteiger partial charge in [0.15, 0.2) is 0 Å². The van der Waals surface area contributed by atoms with Crippen molar-refractivity contribution in [3.63, 3.8) is 0 Å². The van der Waals surface area contributed by atoms with Gasteiger partial charge in [-0.1, -0.05) is 30.3 Å². The lowest BCUT2D eigenvalue weighted by Gasteiger charge is -2.41. The smallest absolute Gasteiger partial charge is 0.410 e. The molecule has 2 rings (SSSR count). The fraction of sp³-hybridized carbons (Fsp3) is 0.550. The van der Waals surface area contributed by atoms with E-state index in [1.165, 1.54) is 9.80 Å². The molecule has 0 saturated carbocycles. The van der Waals surface area contributed by atoms with Gasteiger partial charge < -0.3 is 24.4 Å². The van der Waals surface area contributed by atoms with Crippen molar-refractivity contribution in [1.82, 2.24) is 9.80 Å². The Balaban J connectivity index is 1.98. The van der Waals surface area contributed by atoms with E-state index in [-0.39, 0.29) is 32.5 Å². The largest absolute Gasteiger partial charge is 0.481 e. The van der Waals surface area contributed by atoms with Crippen LogP contribution in [0.1, 0.15) is 39.2 Å². The lowest BCUT2D eigenvalue weighted by molar-refractivity contribution is -0.137. The summed E-state index contributed by atoms with van der Waals surface area (Å²) in [5.74, 6) is -0.951. The van der Waals surface area contributed by atoms with Crippen LogP contribution in [0.15, 0.2) is 30.3 Å². The average molecular weight is 392 g/mol. The number of carbonyl (C=O) groups is 3. The molecule has 0 bridgehead atoms.